The quantitative estimate of drug-likeness (QED) is 0.693. The van der Waals surface area contributed by atoms with E-state index in [1.807, 2.05) is 18.2 Å². The second-order valence-electron chi connectivity index (χ2n) is 6.11. The second-order valence-corrected chi connectivity index (χ2v) is 8.68. The van der Waals surface area contributed by atoms with Crippen molar-refractivity contribution in [1.29, 1.82) is 0 Å². The van der Waals surface area contributed by atoms with Crippen LogP contribution in [0.1, 0.15) is 12.0 Å². The number of halogens is 2. The van der Waals surface area contributed by atoms with Gasteiger partial charge in [0, 0.05) is 23.7 Å². The van der Waals surface area contributed by atoms with Gasteiger partial charge in [-0.15, -0.1) is 0 Å². The van der Waals surface area contributed by atoms with Crippen LogP contribution in [0.15, 0.2) is 59.6 Å². The molecule has 0 saturated carbocycles. The van der Waals surface area contributed by atoms with E-state index in [0.717, 1.165) is 29.5 Å². The van der Waals surface area contributed by atoms with Crippen molar-refractivity contribution in [2.75, 3.05) is 13.1 Å². The summed E-state index contributed by atoms with van der Waals surface area (Å²) in [6.07, 6.45) is 4.75. The third-order valence-electron chi connectivity index (χ3n) is 4.50. The number of benzene rings is 2. The summed E-state index contributed by atoms with van der Waals surface area (Å²) in [5.41, 5.74) is 2.62. The summed E-state index contributed by atoms with van der Waals surface area (Å²) >= 11 is 12.2. The fraction of sp³-hybridized carbons (Fsp3) is 0.158. The Hall–Kier alpha value is -1.79. The van der Waals surface area contributed by atoms with Gasteiger partial charge < -0.3 is 5.32 Å². The van der Waals surface area contributed by atoms with Gasteiger partial charge in [-0.1, -0.05) is 53.5 Å². The zero-order chi connectivity index (χ0) is 18.3. The van der Waals surface area contributed by atoms with Gasteiger partial charge in [0.25, 0.3) is 10.0 Å². The van der Waals surface area contributed by atoms with Crippen molar-refractivity contribution in [3.63, 3.8) is 0 Å². The number of para-hydroxylation sites is 1. The number of rotatable bonds is 3. The highest BCUT2D eigenvalue weighted by atomic mass is 35.5. The van der Waals surface area contributed by atoms with Crippen LogP contribution in [0, 0.1) is 0 Å². The number of hydrogen-bond acceptors (Lipinski definition) is 3. The van der Waals surface area contributed by atoms with E-state index in [1.165, 1.54) is 10.0 Å². The highest BCUT2D eigenvalue weighted by molar-refractivity contribution is 7.90. The normalized spacial score (nSPS) is 15.2. The molecule has 1 aliphatic rings. The van der Waals surface area contributed by atoms with E-state index in [4.69, 9.17) is 23.2 Å². The van der Waals surface area contributed by atoms with Gasteiger partial charge in [-0.3, -0.25) is 0 Å². The molecule has 4 nitrogen and oxygen atoms in total. The molecule has 2 heterocycles. The summed E-state index contributed by atoms with van der Waals surface area (Å²) in [5, 5.41) is 4.47. The Kier molecular flexibility index (Phi) is 4.57. The van der Waals surface area contributed by atoms with Crippen molar-refractivity contribution < 1.29 is 8.42 Å². The summed E-state index contributed by atoms with van der Waals surface area (Å²) in [7, 11) is -3.88. The number of fused-ring (bicyclic) bond motifs is 1. The zero-order valence-corrected chi connectivity index (χ0v) is 16.1. The largest absolute Gasteiger partial charge is 0.312 e. The molecule has 2 aromatic carbocycles. The van der Waals surface area contributed by atoms with Crippen LogP contribution in [0.2, 0.25) is 10.0 Å². The number of nitrogens with zero attached hydrogens (tertiary/aromatic N) is 1. The summed E-state index contributed by atoms with van der Waals surface area (Å²) in [5.74, 6) is 0. The molecule has 0 unspecified atom stereocenters. The molecule has 3 aromatic rings. The molecule has 0 atom stereocenters. The summed E-state index contributed by atoms with van der Waals surface area (Å²) in [4.78, 5) is -0.00489. The van der Waals surface area contributed by atoms with Gasteiger partial charge in [0.2, 0.25) is 0 Å². The molecule has 1 N–H and O–H groups in total. The van der Waals surface area contributed by atoms with Crippen molar-refractivity contribution in [1.82, 2.24) is 9.29 Å². The van der Waals surface area contributed by atoms with Crippen LogP contribution < -0.4 is 5.32 Å². The van der Waals surface area contributed by atoms with Gasteiger partial charge in [-0.05, 0) is 36.7 Å². The molecular formula is C19H16Cl2N2O2S. The molecule has 0 spiro atoms. The Labute approximate surface area is 162 Å². The van der Waals surface area contributed by atoms with Gasteiger partial charge in [0.05, 0.1) is 15.6 Å². The fourth-order valence-electron chi connectivity index (χ4n) is 3.24. The van der Waals surface area contributed by atoms with E-state index in [-0.39, 0.29) is 14.9 Å². The van der Waals surface area contributed by atoms with Gasteiger partial charge in [0.1, 0.15) is 4.90 Å². The third-order valence-corrected chi connectivity index (χ3v) is 7.15. The average Bonchev–Trinajstić information content (AvgIpc) is 3.05. The Morgan fingerprint density at radius 1 is 1.04 bits per heavy atom. The van der Waals surface area contributed by atoms with E-state index in [9.17, 15) is 8.42 Å². The topological polar surface area (TPSA) is 51.1 Å². The van der Waals surface area contributed by atoms with Gasteiger partial charge >= 0.3 is 0 Å². The Morgan fingerprint density at radius 2 is 1.85 bits per heavy atom. The molecule has 0 aliphatic carbocycles. The highest BCUT2D eigenvalue weighted by Gasteiger charge is 2.25. The third kappa shape index (κ3) is 2.85. The maximum atomic E-state index is 13.3. The standard InChI is InChI=1S/C19H16Cl2N2O2S/c20-16-7-3-9-18(19(16)21)26(24,25)23-12-15(13-5-4-10-22-11-13)14-6-1-2-8-17(14)23/h1-3,5-9,12,22H,4,10-11H2. The van der Waals surface area contributed by atoms with Crippen LogP contribution in [0.25, 0.3) is 16.5 Å². The fourth-order valence-corrected chi connectivity index (χ4v) is 5.35. The predicted octanol–water partition coefficient (Wildman–Crippen LogP) is 4.56. The number of hydrogen-bond donors (Lipinski definition) is 1. The van der Waals surface area contributed by atoms with Crippen LogP contribution in [-0.4, -0.2) is 25.5 Å². The molecule has 0 saturated heterocycles. The lowest BCUT2D eigenvalue weighted by atomic mass is 10.0. The second kappa shape index (κ2) is 6.74. The zero-order valence-electron chi connectivity index (χ0n) is 13.7. The predicted molar refractivity (Wildman–Crippen MR) is 106 cm³/mol. The summed E-state index contributed by atoms with van der Waals surface area (Å²) in [6.45, 7) is 1.64. The lowest BCUT2D eigenvalue weighted by Crippen LogP contribution is -2.21. The van der Waals surface area contributed by atoms with Gasteiger partial charge in [-0.2, -0.15) is 0 Å². The average molecular weight is 407 g/mol. The molecule has 26 heavy (non-hydrogen) atoms. The smallest absolute Gasteiger partial charge is 0.269 e. The number of nitrogens with one attached hydrogen (secondary N) is 1. The van der Waals surface area contributed by atoms with Crippen molar-refractivity contribution in [3.05, 3.63) is 70.3 Å². The van der Waals surface area contributed by atoms with Crippen LogP contribution >= 0.6 is 23.2 Å². The molecule has 1 aromatic heterocycles. The van der Waals surface area contributed by atoms with Gasteiger partial charge in [0.15, 0.2) is 0 Å². The van der Waals surface area contributed by atoms with Crippen LogP contribution in [0.5, 0.6) is 0 Å². The van der Waals surface area contributed by atoms with Crippen LogP contribution in [0.4, 0.5) is 0 Å². The highest BCUT2D eigenvalue weighted by Crippen LogP contribution is 2.34. The SMILES string of the molecule is O=S(=O)(c1cccc(Cl)c1Cl)n1cc(C2=CCCNC2)c2ccccc21. The first-order chi connectivity index (χ1) is 12.5. The molecule has 1 aliphatic heterocycles. The molecule has 0 bridgehead atoms. The monoisotopic (exact) mass is 406 g/mol. The first-order valence-electron chi connectivity index (χ1n) is 8.20. The molecule has 0 radical (unpaired) electrons. The van der Waals surface area contributed by atoms with Crippen LogP contribution in [-0.2, 0) is 10.0 Å². The molecular weight excluding hydrogens is 391 g/mol. The first-order valence-corrected chi connectivity index (χ1v) is 10.4. The maximum Gasteiger partial charge on any atom is 0.269 e. The van der Waals surface area contributed by atoms with Crippen molar-refractivity contribution in [2.24, 2.45) is 0 Å². The summed E-state index contributed by atoms with van der Waals surface area (Å²) < 4.78 is 27.9. The van der Waals surface area contributed by atoms with Gasteiger partial charge in [-0.25, -0.2) is 12.4 Å². The van der Waals surface area contributed by atoms with Crippen molar-refractivity contribution >= 4 is 49.7 Å². The van der Waals surface area contributed by atoms with E-state index >= 15 is 0 Å². The Bertz CT molecular complexity index is 1130. The van der Waals surface area contributed by atoms with Crippen molar-refractivity contribution in [2.45, 2.75) is 11.3 Å². The number of aromatic nitrogens is 1. The molecule has 134 valence electrons. The van der Waals surface area contributed by atoms with E-state index in [2.05, 4.69) is 11.4 Å². The molecule has 0 fully saturated rings. The lowest BCUT2D eigenvalue weighted by molar-refractivity contribution is 0.589. The van der Waals surface area contributed by atoms with E-state index in [1.54, 1.807) is 24.4 Å². The van der Waals surface area contributed by atoms with E-state index < -0.39 is 10.0 Å². The minimum atomic E-state index is -3.88. The Balaban J connectivity index is 1.97. The Morgan fingerprint density at radius 3 is 2.62 bits per heavy atom. The minimum Gasteiger partial charge on any atom is -0.312 e. The van der Waals surface area contributed by atoms with Crippen molar-refractivity contribution in [3.8, 4) is 0 Å². The molecule has 7 heteroatoms. The lowest BCUT2D eigenvalue weighted by Gasteiger charge is -2.13. The van der Waals surface area contributed by atoms with E-state index in [0.29, 0.717) is 12.1 Å². The minimum absolute atomic E-state index is 0.00489. The molecule has 4 rings (SSSR count). The summed E-state index contributed by atoms with van der Waals surface area (Å²) in [6, 6.07) is 12.1. The molecule has 0 amide bonds. The van der Waals surface area contributed by atoms with Crippen LogP contribution in [0.3, 0.4) is 0 Å². The maximum absolute atomic E-state index is 13.3. The first kappa shape index (κ1) is 17.6.